The molecule has 1 aromatic heterocycles. The molecule has 4 N–H and O–H groups in total. The minimum Gasteiger partial charge on any atom is -0.381 e. The standard InChI is InChI=1S/C17H27N5O2/c1-24-13-8-6-12(7-9-13)21-17-19-10-14(15(18)23)16(22-17)20-11-4-2-3-5-11/h10-13H,2-9H2,1H3,(H2,18,23)(H2,19,20,21,22). The summed E-state index contributed by atoms with van der Waals surface area (Å²) in [4.78, 5) is 20.4. The van der Waals surface area contributed by atoms with Gasteiger partial charge in [-0.2, -0.15) is 4.98 Å². The molecule has 1 heterocycles. The van der Waals surface area contributed by atoms with Crippen LogP contribution in [0.15, 0.2) is 6.20 Å². The third-order valence-electron chi connectivity index (χ3n) is 5.09. The molecule has 0 atom stereocenters. The molecule has 1 aromatic rings. The fourth-order valence-electron chi connectivity index (χ4n) is 3.63. The number of anilines is 2. The van der Waals surface area contributed by atoms with Crippen molar-refractivity contribution in [1.82, 2.24) is 9.97 Å². The second-order valence-electron chi connectivity index (χ2n) is 6.80. The third kappa shape index (κ3) is 4.14. The number of aromatic nitrogens is 2. The quantitative estimate of drug-likeness (QED) is 0.738. The van der Waals surface area contributed by atoms with Crippen LogP contribution in [0.4, 0.5) is 11.8 Å². The van der Waals surface area contributed by atoms with E-state index in [1.165, 1.54) is 19.0 Å². The lowest BCUT2D eigenvalue weighted by Crippen LogP contribution is -2.30. The Hall–Kier alpha value is -1.89. The number of nitrogens with zero attached hydrogens (tertiary/aromatic N) is 2. The van der Waals surface area contributed by atoms with Crippen LogP contribution in [0, 0.1) is 0 Å². The first-order valence-corrected chi connectivity index (χ1v) is 8.88. The van der Waals surface area contributed by atoms with Gasteiger partial charge >= 0.3 is 0 Å². The molecule has 2 saturated carbocycles. The number of hydrogen-bond acceptors (Lipinski definition) is 6. The van der Waals surface area contributed by atoms with Crippen molar-refractivity contribution >= 4 is 17.7 Å². The summed E-state index contributed by atoms with van der Waals surface area (Å²) in [5.41, 5.74) is 5.82. The molecular formula is C17H27N5O2. The van der Waals surface area contributed by atoms with Crippen LogP contribution in [0.2, 0.25) is 0 Å². The fraction of sp³-hybridized carbons (Fsp3) is 0.706. The Morgan fingerprint density at radius 3 is 2.42 bits per heavy atom. The summed E-state index contributed by atoms with van der Waals surface area (Å²) < 4.78 is 5.40. The van der Waals surface area contributed by atoms with Gasteiger partial charge in [0.15, 0.2) is 0 Å². The van der Waals surface area contributed by atoms with Crippen LogP contribution < -0.4 is 16.4 Å². The monoisotopic (exact) mass is 333 g/mol. The number of ether oxygens (including phenoxy) is 1. The van der Waals surface area contributed by atoms with Crippen LogP contribution in [-0.2, 0) is 4.74 Å². The Balaban J connectivity index is 1.68. The van der Waals surface area contributed by atoms with Crippen molar-refractivity contribution in [2.45, 2.75) is 69.6 Å². The Bertz CT molecular complexity index is 566. The minimum atomic E-state index is -0.498. The molecule has 2 aliphatic carbocycles. The highest BCUT2D eigenvalue weighted by Gasteiger charge is 2.23. The van der Waals surface area contributed by atoms with Gasteiger partial charge in [0, 0.05) is 25.4 Å². The number of hydrogen-bond donors (Lipinski definition) is 3. The van der Waals surface area contributed by atoms with Crippen LogP contribution >= 0.6 is 0 Å². The van der Waals surface area contributed by atoms with E-state index in [1.54, 1.807) is 7.11 Å². The summed E-state index contributed by atoms with van der Waals surface area (Å²) in [5.74, 6) is 0.612. The van der Waals surface area contributed by atoms with Gasteiger partial charge in [-0.15, -0.1) is 0 Å². The summed E-state index contributed by atoms with van der Waals surface area (Å²) >= 11 is 0. The third-order valence-corrected chi connectivity index (χ3v) is 5.09. The maximum Gasteiger partial charge on any atom is 0.254 e. The van der Waals surface area contributed by atoms with Gasteiger partial charge in [-0.05, 0) is 38.5 Å². The van der Waals surface area contributed by atoms with Crippen molar-refractivity contribution in [3.05, 3.63) is 11.8 Å². The van der Waals surface area contributed by atoms with E-state index in [4.69, 9.17) is 10.5 Å². The lowest BCUT2D eigenvalue weighted by atomic mass is 9.93. The first-order chi connectivity index (χ1) is 11.7. The highest BCUT2D eigenvalue weighted by Crippen LogP contribution is 2.25. The summed E-state index contributed by atoms with van der Waals surface area (Å²) in [5, 5.41) is 6.76. The van der Waals surface area contributed by atoms with E-state index in [0.717, 1.165) is 38.5 Å². The van der Waals surface area contributed by atoms with Crippen LogP contribution in [-0.4, -0.2) is 41.2 Å². The molecule has 0 bridgehead atoms. The highest BCUT2D eigenvalue weighted by atomic mass is 16.5. The number of amides is 1. The number of carbonyl (C=O) groups is 1. The van der Waals surface area contributed by atoms with E-state index in [9.17, 15) is 4.79 Å². The predicted molar refractivity (Wildman–Crippen MR) is 93.1 cm³/mol. The first-order valence-electron chi connectivity index (χ1n) is 8.88. The van der Waals surface area contributed by atoms with Crippen LogP contribution in [0.3, 0.4) is 0 Å². The van der Waals surface area contributed by atoms with Gasteiger partial charge in [0.25, 0.3) is 5.91 Å². The topological polar surface area (TPSA) is 102 Å². The number of rotatable bonds is 6. The molecule has 1 amide bonds. The summed E-state index contributed by atoms with van der Waals surface area (Å²) in [6.45, 7) is 0. The smallest absolute Gasteiger partial charge is 0.254 e. The van der Waals surface area contributed by atoms with Gasteiger partial charge < -0.3 is 21.1 Å². The van der Waals surface area contributed by atoms with Crippen LogP contribution in [0.1, 0.15) is 61.7 Å². The molecule has 2 aliphatic rings. The van der Waals surface area contributed by atoms with Crippen LogP contribution in [0.5, 0.6) is 0 Å². The van der Waals surface area contributed by atoms with Gasteiger partial charge in [0.1, 0.15) is 5.82 Å². The largest absolute Gasteiger partial charge is 0.381 e. The van der Waals surface area contributed by atoms with Crippen molar-refractivity contribution in [1.29, 1.82) is 0 Å². The summed E-state index contributed by atoms with van der Waals surface area (Å²) in [7, 11) is 1.77. The summed E-state index contributed by atoms with van der Waals surface area (Å²) in [6, 6.07) is 0.707. The second kappa shape index (κ2) is 7.79. The van der Waals surface area contributed by atoms with Crippen LogP contribution in [0.25, 0.3) is 0 Å². The van der Waals surface area contributed by atoms with Crippen molar-refractivity contribution < 1.29 is 9.53 Å². The Morgan fingerprint density at radius 1 is 1.12 bits per heavy atom. The zero-order valence-corrected chi connectivity index (χ0v) is 14.3. The molecule has 3 rings (SSSR count). The fourth-order valence-corrected chi connectivity index (χ4v) is 3.63. The van der Waals surface area contributed by atoms with Gasteiger partial charge in [-0.1, -0.05) is 12.8 Å². The minimum absolute atomic E-state index is 0.343. The second-order valence-corrected chi connectivity index (χ2v) is 6.80. The molecular weight excluding hydrogens is 306 g/mol. The van der Waals surface area contributed by atoms with E-state index in [1.807, 2.05) is 0 Å². The number of carbonyl (C=O) groups excluding carboxylic acids is 1. The molecule has 2 fully saturated rings. The zero-order valence-electron chi connectivity index (χ0n) is 14.3. The molecule has 0 aromatic carbocycles. The van der Waals surface area contributed by atoms with Gasteiger partial charge in [-0.25, -0.2) is 4.98 Å². The predicted octanol–water partition coefficient (Wildman–Crippen LogP) is 2.30. The molecule has 0 spiro atoms. The molecule has 0 unspecified atom stereocenters. The van der Waals surface area contributed by atoms with E-state index < -0.39 is 5.91 Å². The average Bonchev–Trinajstić information content (AvgIpc) is 3.08. The lowest BCUT2D eigenvalue weighted by molar-refractivity contribution is 0.0681. The number of nitrogens with two attached hydrogens (primary N) is 1. The Labute approximate surface area is 142 Å². The molecule has 0 saturated heterocycles. The lowest BCUT2D eigenvalue weighted by Gasteiger charge is -2.28. The van der Waals surface area contributed by atoms with Crippen molar-refractivity contribution in [3.63, 3.8) is 0 Å². The maximum absolute atomic E-state index is 11.6. The normalized spacial score (nSPS) is 24.7. The maximum atomic E-state index is 11.6. The average molecular weight is 333 g/mol. The van der Waals surface area contributed by atoms with E-state index in [0.29, 0.717) is 35.5 Å². The number of primary amides is 1. The zero-order chi connectivity index (χ0) is 16.9. The molecule has 132 valence electrons. The van der Waals surface area contributed by atoms with Gasteiger partial charge in [-0.3, -0.25) is 4.79 Å². The number of nitrogens with one attached hydrogen (secondary N) is 2. The highest BCUT2D eigenvalue weighted by molar-refractivity contribution is 5.97. The molecule has 0 aliphatic heterocycles. The summed E-state index contributed by atoms with van der Waals surface area (Å²) in [6.07, 6.45) is 10.7. The SMILES string of the molecule is COC1CCC(Nc2ncc(C(N)=O)c(NC3CCCC3)n2)CC1. The number of methoxy groups -OCH3 is 1. The first kappa shape index (κ1) is 17.0. The Morgan fingerprint density at radius 2 is 1.79 bits per heavy atom. The van der Waals surface area contributed by atoms with Crippen molar-refractivity contribution in [2.75, 3.05) is 17.7 Å². The molecule has 24 heavy (non-hydrogen) atoms. The molecule has 0 radical (unpaired) electrons. The van der Waals surface area contributed by atoms with Crippen molar-refractivity contribution in [3.8, 4) is 0 Å². The van der Waals surface area contributed by atoms with Gasteiger partial charge in [0.05, 0.1) is 11.7 Å². The van der Waals surface area contributed by atoms with Crippen molar-refractivity contribution in [2.24, 2.45) is 5.73 Å². The van der Waals surface area contributed by atoms with Gasteiger partial charge in [0.2, 0.25) is 5.95 Å². The van der Waals surface area contributed by atoms with E-state index >= 15 is 0 Å². The Kier molecular flexibility index (Phi) is 5.50. The molecule has 7 heteroatoms. The van der Waals surface area contributed by atoms with E-state index in [-0.39, 0.29) is 0 Å². The molecule has 7 nitrogen and oxygen atoms in total. The van der Waals surface area contributed by atoms with E-state index in [2.05, 4.69) is 20.6 Å².